The SMILES string of the molecule is [CH2-]NC1CCC=CC1[CH2-].[Y]. The second-order valence-electron chi connectivity index (χ2n) is 2.48. The summed E-state index contributed by atoms with van der Waals surface area (Å²) in [6.45, 7) is 3.96. The van der Waals surface area contributed by atoms with Crippen molar-refractivity contribution < 1.29 is 32.7 Å². The molecule has 0 aromatic carbocycles. The van der Waals surface area contributed by atoms with Crippen molar-refractivity contribution in [3.8, 4) is 0 Å². The fraction of sp³-hybridized carbons (Fsp3) is 0.500. The Kier molecular flexibility index (Phi) is 5.89. The molecule has 55 valence electrons. The molecule has 0 aliphatic heterocycles. The van der Waals surface area contributed by atoms with Gasteiger partial charge in [0.2, 0.25) is 0 Å². The average Bonchev–Trinajstić information content (AvgIpc) is 1.89. The number of allylic oxidation sites excluding steroid dienone is 1. The van der Waals surface area contributed by atoms with Crippen LogP contribution in [-0.2, 0) is 32.7 Å². The molecule has 0 amide bonds. The Hall–Kier alpha value is 0.804. The molecule has 2 heteroatoms. The van der Waals surface area contributed by atoms with Crippen molar-refractivity contribution in [2.75, 3.05) is 0 Å². The molecule has 0 fully saturated rings. The second-order valence-corrected chi connectivity index (χ2v) is 2.48. The number of rotatable bonds is 1. The first kappa shape index (κ1) is 10.8. The van der Waals surface area contributed by atoms with Gasteiger partial charge in [-0.15, -0.1) is 12.0 Å². The van der Waals surface area contributed by atoms with E-state index in [9.17, 15) is 0 Å². The zero-order valence-corrected chi connectivity index (χ0v) is 9.05. The molecule has 2 unspecified atom stereocenters. The van der Waals surface area contributed by atoms with Crippen molar-refractivity contribution >= 4 is 0 Å². The maximum absolute atomic E-state index is 3.96. The van der Waals surface area contributed by atoms with Crippen LogP contribution in [0.5, 0.6) is 0 Å². The Labute approximate surface area is 88.5 Å². The van der Waals surface area contributed by atoms with Gasteiger partial charge in [0, 0.05) is 32.7 Å². The predicted molar refractivity (Wildman–Crippen MR) is 39.5 cm³/mol. The van der Waals surface area contributed by atoms with Crippen molar-refractivity contribution in [3.63, 3.8) is 0 Å². The molecule has 0 bridgehead atoms. The van der Waals surface area contributed by atoms with Crippen molar-refractivity contribution in [2.45, 2.75) is 18.9 Å². The van der Waals surface area contributed by atoms with Crippen LogP contribution in [0.4, 0.5) is 0 Å². The molecule has 1 nitrogen and oxygen atoms in total. The van der Waals surface area contributed by atoms with E-state index in [4.69, 9.17) is 0 Å². The maximum Gasteiger partial charge on any atom is 0 e. The van der Waals surface area contributed by atoms with E-state index < -0.39 is 0 Å². The van der Waals surface area contributed by atoms with Crippen LogP contribution in [0.25, 0.3) is 0 Å². The van der Waals surface area contributed by atoms with Gasteiger partial charge in [0.1, 0.15) is 0 Å². The Balaban J connectivity index is 0.000000810. The molecule has 1 aliphatic carbocycles. The van der Waals surface area contributed by atoms with Gasteiger partial charge in [-0.2, -0.15) is 0 Å². The third-order valence-corrected chi connectivity index (χ3v) is 1.81. The molecule has 1 N–H and O–H groups in total. The van der Waals surface area contributed by atoms with Crippen LogP contribution < -0.4 is 5.32 Å². The van der Waals surface area contributed by atoms with Crippen molar-refractivity contribution in [3.05, 3.63) is 26.1 Å². The molecular formula is C8H13NY-2. The molecule has 1 radical (unpaired) electrons. The monoisotopic (exact) mass is 212 g/mol. The van der Waals surface area contributed by atoms with E-state index in [1.807, 2.05) is 0 Å². The molecule has 1 rings (SSSR count). The van der Waals surface area contributed by atoms with E-state index in [2.05, 4.69) is 31.4 Å². The third-order valence-electron chi connectivity index (χ3n) is 1.81. The van der Waals surface area contributed by atoms with Gasteiger partial charge in [-0.05, 0) is 18.9 Å². The van der Waals surface area contributed by atoms with Crippen molar-refractivity contribution in [1.29, 1.82) is 0 Å². The van der Waals surface area contributed by atoms with E-state index >= 15 is 0 Å². The van der Waals surface area contributed by atoms with Crippen LogP contribution in [0.2, 0.25) is 0 Å². The molecule has 0 heterocycles. The Morgan fingerprint density at radius 1 is 1.50 bits per heavy atom. The molecule has 0 aromatic heterocycles. The van der Waals surface area contributed by atoms with Gasteiger partial charge in [-0.1, -0.05) is 6.08 Å². The molecule has 0 aromatic rings. The number of hydrogen-bond acceptors (Lipinski definition) is 1. The zero-order valence-electron chi connectivity index (χ0n) is 6.22. The number of hydrogen-bond donors (Lipinski definition) is 1. The largest absolute Gasteiger partial charge is 0.472 e. The van der Waals surface area contributed by atoms with Gasteiger partial charge in [0.05, 0.1) is 0 Å². The molecule has 1 aliphatic rings. The summed E-state index contributed by atoms with van der Waals surface area (Å²) in [6.07, 6.45) is 6.67. The van der Waals surface area contributed by atoms with Gasteiger partial charge in [-0.3, -0.25) is 7.05 Å². The van der Waals surface area contributed by atoms with Gasteiger partial charge in [0.25, 0.3) is 0 Å². The molecule has 0 spiro atoms. The second kappa shape index (κ2) is 5.45. The van der Waals surface area contributed by atoms with Crippen LogP contribution in [0.15, 0.2) is 12.2 Å². The number of nitrogens with one attached hydrogen (secondary N) is 1. The minimum Gasteiger partial charge on any atom is -0.472 e. The average molecular weight is 212 g/mol. The summed E-state index contributed by atoms with van der Waals surface area (Å²) >= 11 is 0. The summed E-state index contributed by atoms with van der Waals surface area (Å²) in [6, 6.07) is 0.495. The summed E-state index contributed by atoms with van der Waals surface area (Å²) in [5.41, 5.74) is 0. The summed E-state index contributed by atoms with van der Waals surface area (Å²) in [5, 5.41) is 2.99. The van der Waals surface area contributed by atoms with E-state index in [0.717, 1.165) is 0 Å². The van der Waals surface area contributed by atoms with Gasteiger partial charge >= 0.3 is 0 Å². The smallest absolute Gasteiger partial charge is 0 e. The molecule has 0 saturated heterocycles. The van der Waals surface area contributed by atoms with Gasteiger partial charge in [0.15, 0.2) is 0 Å². The summed E-state index contributed by atoms with van der Waals surface area (Å²) in [7, 11) is 3.64. The quantitative estimate of drug-likeness (QED) is 0.513. The standard InChI is InChI=1S/C8H13N.Y/c1-7-5-3-4-6-8(7)9-2;/h3,5,7-9H,1-2,4,6H2;/q-2;. The topological polar surface area (TPSA) is 12.0 Å². The zero-order chi connectivity index (χ0) is 6.69. The molecular weight excluding hydrogens is 199 g/mol. The Morgan fingerprint density at radius 2 is 2.20 bits per heavy atom. The minimum atomic E-state index is 0. The Bertz CT molecular complexity index is 112. The Morgan fingerprint density at radius 3 is 2.60 bits per heavy atom. The van der Waals surface area contributed by atoms with Crippen LogP contribution in [-0.4, -0.2) is 6.04 Å². The first-order valence-electron chi connectivity index (χ1n) is 3.37. The van der Waals surface area contributed by atoms with E-state index in [1.54, 1.807) is 0 Å². The summed E-state index contributed by atoms with van der Waals surface area (Å²) in [5.74, 6) is 0.413. The van der Waals surface area contributed by atoms with Crippen LogP contribution in [0, 0.1) is 19.9 Å². The van der Waals surface area contributed by atoms with Crippen LogP contribution >= 0.6 is 0 Å². The van der Waals surface area contributed by atoms with Gasteiger partial charge in [-0.25, -0.2) is 0 Å². The summed E-state index contributed by atoms with van der Waals surface area (Å²) < 4.78 is 0. The molecule has 2 atom stereocenters. The first-order chi connectivity index (χ1) is 4.34. The van der Waals surface area contributed by atoms with E-state index in [1.165, 1.54) is 12.8 Å². The van der Waals surface area contributed by atoms with Crippen molar-refractivity contribution in [2.24, 2.45) is 5.92 Å². The molecule has 0 saturated carbocycles. The third kappa shape index (κ3) is 2.81. The van der Waals surface area contributed by atoms with Crippen molar-refractivity contribution in [1.82, 2.24) is 5.32 Å². The van der Waals surface area contributed by atoms with Crippen LogP contribution in [0.1, 0.15) is 12.8 Å². The maximum atomic E-state index is 3.96. The van der Waals surface area contributed by atoms with Gasteiger partial charge < -0.3 is 12.2 Å². The van der Waals surface area contributed by atoms with E-state index in [0.29, 0.717) is 12.0 Å². The first-order valence-corrected chi connectivity index (χ1v) is 3.37. The van der Waals surface area contributed by atoms with Crippen LogP contribution in [0.3, 0.4) is 0 Å². The predicted octanol–water partition coefficient (Wildman–Crippen LogP) is 1.53. The fourth-order valence-corrected chi connectivity index (χ4v) is 1.15. The summed E-state index contributed by atoms with van der Waals surface area (Å²) in [4.78, 5) is 0. The molecule has 10 heavy (non-hydrogen) atoms. The van der Waals surface area contributed by atoms with E-state index in [-0.39, 0.29) is 32.7 Å². The minimum absolute atomic E-state index is 0. The fourth-order valence-electron chi connectivity index (χ4n) is 1.15. The normalized spacial score (nSPS) is 31.4.